The SMILES string of the molecule is O=C(c1cccnc1)N1CCN(Cc2cccc3cc[nH]c23)CC1. The lowest BCUT2D eigenvalue weighted by molar-refractivity contribution is 0.0628. The van der Waals surface area contributed by atoms with Gasteiger partial charge in [0.15, 0.2) is 0 Å². The number of hydrogen-bond acceptors (Lipinski definition) is 3. The molecule has 0 spiro atoms. The first-order chi connectivity index (χ1) is 11.8. The Hall–Kier alpha value is -2.66. The molecule has 3 aromatic rings. The number of nitrogens with zero attached hydrogens (tertiary/aromatic N) is 3. The molecule has 1 aliphatic rings. The van der Waals surface area contributed by atoms with Crippen LogP contribution in [0.2, 0.25) is 0 Å². The Morgan fingerprint density at radius 2 is 1.96 bits per heavy atom. The van der Waals surface area contributed by atoms with Crippen LogP contribution in [0.25, 0.3) is 10.9 Å². The van der Waals surface area contributed by atoms with E-state index in [0.29, 0.717) is 5.56 Å². The minimum Gasteiger partial charge on any atom is -0.361 e. The molecule has 1 amide bonds. The van der Waals surface area contributed by atoms with E-state index in [-0.39, 0.29) is 5.91 Å². The number of aromatic nitrogens is 2. The largest absolute Gasteiger partial charge is 0.361 e. The van der Waals surface area contributed by atoms with E-state index >= 15 is 0 Å². The van der Waals surface area contributed by atoms with Gasteiger partial charge in [0.2, 0.25) is 0 Å². The molecule has 2 aromatic heterocycles. The molecule has 5 nitrogen and oxygen atoms in total. The van der Waals surface area contributed by atoms with Crippen molar-refractivity contribution in [3.05, 3.63) is 66.1 Å². The number of H-pyrrole nitrogens is 1. The molecule has 0 radical (unpaired) electrons. The monoisotopic (exact) mass is 320 g/mol. The lowest BCUT2D eigenvalue weighted by Gasteiger charge is -2.34. The molecule has 3 heterocycles. The Bertz CT molecular complexity index is 835. The standard InChI is InChI=1S/C19H20N4O/c24-19(16-5-2-7-20-13-16)23-11-9-22(10-12-23)14-17-4-1-3-15-6-8-21-18(15)17/h1-8,13,21H,9-12,14H2. The summed E-state index contributed by atoms with van der Waals surface area (Å²) in [6, 6.07) is 12.1. The first-order valence-electron chi connectivity index (χ1n) is 8.28. The predicted octanol–water partition coefficient (Wildman–Crippen LogP) is 2.52. The highest BCUT2D eigenvalue weighted by atomic mass is 16.2. The van der Waals surface area contributed by atoms with Gasteiger partial charge in [0.05, 0.1) is 5.56 Å². The van der Waals surface area contributed by atoms with Crippen molar-refractivity contribution in [1.82, 2.24) is 19.8 Å². The number of carbonyl (C=O) groups excluding carboxylic acids is 1. The van der Waals surface area contributed by atoms with E-state index in [4.69, 9.17) is 0 Å². The average Bonchev–Trinajstić information content (AvgIpc) is 3.12. The second kappa shape index (κ2) is 6.45. The summed E-state index contributed by atoms with van der Waals surface area (Å²) in [5, 5.41) is 1.25. The number of para-hydroxylation sites is 1. The van der Waals surface area contributed by atoms with Crippen LogP contribution in [0.1, 0.15) is 15.9 Å². The van der Waals surface area contributed by atoms with Crippen molar-refractivity contribution in [1.29, 1.82) is 0 Å². The zero-order chi connectivity index (χ0) is 16.4. The van der Waals surface area contributed by atoms with E-state index in [1.165, 1.54) is 16.5 Å². The highest BCUT2D eigenvalue weighted by Crippen LogP contribution is 2.19. The van der Waals surface area contributed by atoms with Crippen LogP contribution in [0, 0.1) is 0 Å². The molecule has 0 saturated carbocycles. The second-order valence-corrected chi connectivity index (χ2v) is 6.17. The van der Waals surface area contributed by atoms with Crippen molar-refractivity contribution in [2.75, 3.05) is 26.2 Å². The van der Waals surface area contributed by atoms with Crippen molar-refractivity contribution >= 4 is 16.8 Å². The maximum absolute atomic E-state index is 12.5. The Labute approximate surface area is 140 Å². The number of amides is 1. The molecule has 4 rings (SSSR count). The number of fused-ring (bicyclic) bond motifs is 1. The summed E-state index contributed by atoms with van der Waals surface area (Å²) < 4.78 is 0. The lowest BCUT2D eigenvalue weighted by Crippen LogP contribution is -2.48. The smallest absolute Gasteiger partial charge is 0.255 e. The lowest BCUT2D eigenvalue weighted by atomic mass is 10.1. The van der Waals surface area contributed by atoms with Gasteiger partial charge in [-0.05, 0) is 29.1 Å². The maximum Gasteiger partial charge on any atom is 0.255 e. The number of hydrogen-bond donors (Lipinski definition) is 1. The fourth-order valence-electron chi connectivity index (χ4n) is 3.30. The number of benzene rings is 1. The van der Waals surface area contributed by atoms with Crippen molar-refractivity contribution in [3.63, 3.8) is 0 Å². The van der Waals surface area contributed by atoms with E-state index in [1.807, 2.05) is 17.2 Å². The minimum absolute atomic E-state index is 0.0780. The van der Waals surface area contributed by atoms with E-state index in [2.05, 4.69) is 39.1 Å². The molecule has 5 heteroatoms. The van der Waals surface area contributed by atoms with E-state index in [9.17, 15) is 4.79 Å². The van der Waals surface area contributed by atoms with Crippen molar-refractivity contribution in [2.24, 2.45) is 0 Å². The molecule has 1 saturated heterocycles. The number of rotatable bonds is 3. The summed E-state index contributed by atoms with van der Waals surface area (Å²) in [5.74, 6) is 0.0780. The Balaban J connectivity index is 1.40. The summed E-state index contributed by atoms with van der Waals surface area (Å²) in [5.41, 5.74) is 3.19. The molecule has 0 bridgehead atoms. The molecule has 1 N–H and O–H groups in total. The van der Waals surface area contributed by atoms with Crippen LogP contribution in [0.15, 0.2) is 55.0 Å². The van der Waals surface area contributed by atoms with Crippen molar-refractivity contribution in [3.8, 4) is 0 Å². The molecular formula is C19H20N4O. The predicted molar refractivity (Wildman–Crippen MR) is 93.7 cm³/mol. The third-order valence-electron chi connectivity index (χ3n) is 4.64. The molecule has 122 valence electrons. The van der Waals surface area contributed by atoms with E-state index < -0.39 is 0 Å². The normalized spacial score (nSPS) is 15.8. The van der Waals surface area contributed by atoms with Gasteiger partial charge in [0.25, 0.3) is 5.91 Å². The van der Waals surface area contributed by atoms with Gasteiger partial charge in [-0.25, -0.2) is 0 Å². The fourth-order valence-corrected chi connectivity index (χ4v) is 3.30. The van der Waals surface area contributed by atoms with Gasteiger partial charge in [-0.15, -0.1) is 0 Å². The highest BCUT2D eigenvalue weighted by molar-refractivity contribution is 5.93. The summed E-state index contributed by atoms with van der Waals surface area (Å²) in [7, 11) is 0. The highest BCUT2D eigenvalue weighted by Gasteiger charge is 2.22. The van der Waals surface area contributed by atoms with E-state index in [1.54, 1.807) is 18.5 Å². The van der Waals surface area contributed by atoms with Gasteiger partial charge in [0, 0.05) is 56.8 Å². The maximum atomic E-state index is 12.5. The molecular weight excluding hydrogens is 300 g/mol. The van der Waals surface area contributed by atoms with E-state index in [0.717, 1.165) is 32.7 Å². The fraction of sp³-hybridized carbons (Fsp3) is 0.263. The van der Waals surface area contributed by atoms with Gasteiger partial charge < -0.3 is 9.88 Å². The zero-order valence-corrected chi connectivity index (χ0v) is 13.5. The average molecular weight is 320 g/mol. The van der Waals surface area contributed by atoms with Crippen molar-refractivity contribution < 1.29 is 4.79 Å². The first-order valence-corrected chi connectivity index (χ1v) is 8.28. The first kappa shape index (κ1) is 14.9. The quantitative estimate of drug-likeness (QED) is 0.807. The molecule has 24 heavy (non-hydrogen) atoms. The van der Waals surface area contributed by atoms with Gasteiger partial charge in [0.1, 0.15) is 0 Å². The zero-order valence-electron chi connectivity index (χ0n) is 13.5. The van der Waals surface area contributed by atoms with Gasteiger partial charge >= 0.3 is 0 Å². The van der Waals surface area contributed by atoms with Gasteiger partial charge in [-0.3, -0.25) is 14.7 Å². The molecule has 0 atom stereocenters. The van der Waals surface area contributed by atoms with Crippen LogP contribution in [0.5, 0.6) is 0 Å². The minimum atomic E-state index is 0.0780. The number of carbonyl (C=O) groups is 1. The number of pyridine rings is 1. The van der Waals surface area contributed by atoms with Crippen LogP contribution >= 0.6 is 0 Å². The van der Waals surface area contributed by atoms with Crippen LogP contribution in [0.4, 0.5) is 0 Å². The molecule has 1 aromatic carbocycles. The number of piperazine rings is 1. The summed E-state index contributed by atoms with van der Waals surface area (Å²) in [6.07, 6.45) is 5.31. The molecule has 0 aliphatic carbocycles. The summed E-state index contributed by atoms with van der Waals surface area (Å²) >= 11 is 0. The molecule has 1 fully saturated rings. The van der Waals surface area contributed by atoms with Gasteiger partial charge in [-0.1, -0.05) is 18.2 Å². The number of aromatic amines is 1. The van der Waals surface area contributed by atoms with Crippen LogP contribution in [0.3, 0.4) is 0 Å². The van der Waals surface area contributed by atoms with Crippen LogP contribution in [-0.4, -0.2) is 51.9 Å². The van der Waals surface area contributed by atoms with Crippen LogP contribution < -0.4 is 0 Å². The summed E-state index contributed by atoms with van der Waals surface area (Å²) in [6.45, 7) is 4.21. The van der Waals surface area contributed by atoms with Crippen LogP contribution in [-0.2, 0) is 6.54 Å². The Morgan fingerprint density at radius 3 is 2.75 bits per heavy atom. The third kappa shape index (κ3) is 2.90. The second-order valence-electron chi connectivity index (χ2n) is 6.17. The summed E-state index contributed by atoms with van der Waals surface area (Å²) in [4.78, 5) is 24.2. The molecule has 0 unspecified atom stereocenters. The Morgan fingerprint density at radius 1 is 1.08 bits per heavy atom. The molecule has 1 aliphatic heterocycles. The Kier molecular flexibility index (Phi) is 4.01. The van der Waals surface area contributed by atoms with Gasteiger partial charge in [-0.2, -0.15) is 0 Å². The third-order valence-corrected chi connectivity index (χ3v) is 4.64. The number of nitrogens with one attached hydrogen (secondary N) is 1. The topological polar surface area (TPSA) is 52.2 Å². The van der Waals surface area contributed by atoms with Crippen molar-refractivity contribution in [2.45, 2.75) is 6.54 Å².